The number of piperidine rings is 1. The summed E-state index contributed by atoms with van der Waals surface area (Å²) < 4.78 is 5.61. The van der Waals surface area contributed by atoms with Crippen molar-refractivity contribution in [2.75, 3.05) is 13.1 Å². The maximum atomic E-state index is 13.5. The van der Waals surface area contributed by atoms with E-state index in [9.17, 15) is 14.4 Å². The monoisotopic (exact) mass is 366 g/mol. The summed E-state index contributed by atoms with van der Waals surface area (Å²) in [7, 11) is 0. The van der Waals surface area contributed by atoms with E-state index in [1.807, 2.05) is 34.6 Å². The van der Waals surface area contributed by atoms with Gasteiger partial charge in [0.1, 0.15) is 17.2 Å². The molecule has 0 unspecified atom stereocenters. The van der Waals surface area contributed by atoms with Crippen molar-refractivity contribution in [1.29, 1.82) is 0 Å². The molecule has 1 spiro atoms. The first kappa shape index (κ1) is 20.7. The van der Waals surface area contributed by atoms with Crippen molar-refractivity contribution in [3.63, 3.8) is 0 Å². The Balaban J connectivity index is 2.31. The fraction of sp³-hybridized carbons (Fsp3) is 0.850. The summed E-state index contributed by atoms with van der Waals surface area (Å²) in [6, 6.07) is -0.590. The van der Waals surface area contributed by atoms with Crippen molar-refractivity contribution in [2.24, 2.45) is 5.92 Å². The lowest BCUT2D eigenvalue weighted by molar-refractivity contribution is -0.171. The molecule has 0 saturated carbocycles. The smallest absolute Gasteiger partial charge is 0.329 e. The molecule has 0 aromatic carbocycles. The number of carbonyl (C=O) groups is 3. The second-order valence-electron chi connectivity index (χ2n) is 9.09. The fourth-order valence-corrected chi connectivity index (χ4v) is 4.30. The number of hydrogen-bond acceptors (Lipinski definition) is 4. The predicted octanol–water partition coefficient (Wildman–Crippen LogP) is 2.75. The molecule has 2 amide bonds. The highest BCUT2D eigenvalue weighted by molar-refractivity contribution is 5.94. The molecule has 2 saturated heterocycles. The Bertz CT molecular complexity index is 567. The SMILES string of the molecule is CC(=O)N1CCC[C@]12CCCN([C@H](CC(C)C)C(=O)OC(C)(C)C)C2=O. The Hall–Kier alpha value is -1.59. The molecule has 2 aliphatic rings. The van der Waals surface area contributed by atoms with Gasteiger partial charge in [0, 0.05) is 20.0 Å². The molecule has 26 heavy (non-hydrogen) atoms. The van der Waals surface area contributed by atoms with Gasteiger partial charge < -0.3 is 14.5 Å². The van der Waals surface area contributed by atoms with Crippen LogP contribution in [0.15, 0.2) is 0 Å². The zero-order valence-electron chi connectivity index (χ0n) is 17.1. The molecule has 2 aliphatic heterocycles. The summed E-state index contributed by atoms with van der Waals surface area (Å²) in [6.45, 7) is 12.3. The van der Waals surface area contributed by atoms with Crippen LogP contribution in [0.4, 0.5) is 0 Å². The second kappa shape index (κ2) is 7.57. The minimum absolute atomic E-state index is 0.0598. The van der Waals surface area contributed by atoms with E-state index in [0.717, 1.165) is 12.8 Å². The Morgan fingerprint density at radius 2 is 1.73 bits per heavy atom. The van der Waals surface area contributed by atoms with E-state index in [1.54, 1.807) is 9.80 Å². The van der Waals surface area contributed by atoms with Gasteiger partial charge in [0.05, 0.1) is 0 Å². The number of esters is 1. The Morgan fingerprint density at radius 1 is 1.15 bits per heavy atom. The molecule has 0 aromatic rings. The second-order valence-corrected chi connectivity index (χ2v) is 9.09. The number of nitrogens with zero attached hydrogens (tertiary/aromatic N) is 2. The highest BCUT2D eigenvalue weighted by Crippen LogP contribution is 2.39. The summed E-state index contributed by atoms with van der Waals surface area (Å²) in [6.07, 6.45) is 3.57. The standard InChI is InChI=1S/C20H34N2O4/c1-14(2)13-16(17(24)26-19(4,5)6)21-11-7-9-20(18(21)25)10-8-12-22(20)15(3)23/h14,16H,7-13H2,1-6H3/t16-,20+/m1/s1. The lowest BCUT2D eigenvalue weighted by Crippen LogP contribution is -2.64. The van der Waals surface area contributed by atoms with E-state index in [4.69, 9.17) is 4.74 Å². The van der Waals surface area contributed by atoms with Crippen molar-refractivity contribution < 1.29 is 19.1 Å². The molecule has 0 N–H and O–H groups in total. The maximum Gasteiger partial charge on any atom is 0.329 e. The van der Waals surface area contributed by atoms with Crippen LogP contribution in [0.3, 0.4) is 0 Å². The zero-order valence-corrected chi connectivity index (χ0v) is 17.1. The Labute approximate surface area is 157 Å². The summed E-state index contributed by atoms with van der Waals surface area (Å²) in [5.41, 5.74) is -1.36. The summed E-state index contributed by atoms with van der Waals surface area (Å²) in [5.74, 6) is -0.224. The van der Waals surface area contributed by atoms with Gasteiger partial charge in [-0.3, -0.25) is 9.59 Å². The van der Waals surface area contributed by atoms with Crippen molar-refractivity contribution in [1.82, 2.24) is 9.80 Å². The molecular weight excluding hydrogens is 332 g/mol. The van der Waals surface area contributed by atoms with E-state index in [2.05, 4.69) is 0 Å². The lowest BCUT2D eigenvalue weighted by atomic mass is 9.84. The minimum Gasteiger partial charge on any atom is -0.458 e. The van der Waals surface area contributed by atoms with Gasteiger partial charge in [0.15, 0.2) is 0 Å². The molecule has 6 nitrogen and oxygen atoms in total. The van der Waals surface area contributed by atoms with Crippen LogP contribution < -0.4 is 0 Å². The molecule has 0 bridgehead atoms. The quantitative estimate of drug-likeness (QED) is 0.718. The van der Waals surface area contributed by atoms with E-state index in [-0.39, 0.29) is 23.7 Å². The van der Waals surface area contributed by atoms with Gasteiger partial charge in [0.25, 0.3) is 0 Å². The van der Waals surface area contributed by atoms with Crippen LogP contribution in [0.1, 0.15) is 73.6 Å². The average molecular weight is 367 g/mol. The van der Waals surface area contributed by atoms with Crippen LogP contribution in [-0.4, -0.2) is 57.9 Å². The van der Waals surface area contributed by atoms with E-state index in [1.165, 1.54) is 6.92 Å². The van der Waals surface area contributed by atoms with Crippen LogP contribution in [0.2, 0.25) is 0 Å². The van der Waals surface area contributed by atoms with Gasteiger partial charge >= 0.3 is 5.97 Å². The van der Waals surface area contributed by atoms with Gasteiger partial charge in [-0.15, -0.1) is 0 Å². The zero-order chi connectivity index (χ0) is 19.7. The largest absolute Gasteiger partial charge is 0.458 e. The third-order valence-electron chi connectivity index (χ3n) is 5.27. The van der Waals surface area contributed by atoms with Gasteiger partial charge in [0.2, 0.25) is 11.8 Å². The molecule has 0 radical (unpaired) electrons. The van der Waals surface area contributed by atoms with E-state index < -0.39 is 17.2 Å². The molecule has 2 rings (SSSR count). The average Bonchev–Trinajstić information content (AvgIpc) is 2.91. The molecular formula is C20H34N2O4. The first-order valence-electron chi connectivity index (χ1n) is 9.80. The number of rotatable bonds is 4. The molecule has 6 heteroatoms. The third kappa shape index (κ3) is 4.21. The van der Waals surface area contributed by atoms with Gasteiger partial charge in [-0.05, 0) is 58.8 Å². The minimum atomic E-state index is -0.763. The number of hydrogen-bond donors (Lipinski definition) is 0. The van der Waals surface area contributed by atoms with Crippen molar-refractivity contribution in [3.8, 4) is 0 Å². The van der Waals surface area contributed by atoms with Crippen LogP contribution in [0.25, 0.3) is 0 Å². The highest BCUT2D eigenvalue weighted by atomic mass is 16.6. The fourth-order valence-electron chi connectivity index (χ4n) is 4.30. The third-order valence-corrected chi connectivity index (χ3v) is 5.27. The molecule has 0 aliphatic carbocycles. The summed E-state index contributed by atoms with van der Waals surface area (Å²) in [4.78, 5) is 41.9. The summed E-state index contributed by atoms with van der Waals surface area (Å²) in [5, 5.41) is 0. The van der Waals surface area contributed by atoms with Crippen molar-refractivity contribution >= 4 is 17.8 Å². The molecule has 2 fully saturated rings. The molecule has 2 heterocycles. The number of amides is 2. The van der Waals surface area contributed by atoms with E-state index >= 15 is 0 Å². The van der Waals surface area contributed by atoms with E-state index in [0.29, 0.717) is 32.4 Å². The maximum absolute atomic E-state index is 13.5. The molecule has 0 aromatic heterocycles. The first-order valence-corrected chi connectivity index (χ1v) is 9.80. The predicted molar refractivity (Wildman–Crippen MR) is 99.4 cm³/mol. The van der Waals surface area contributed by atoms with Crippen LogP contribution in [-0.2, 0) is 19.1 Å². The highest BCUT2D eigenvalue weighted by Gasteiger charge is 2.54. The molecule has 2 atom stereocenters. The van der Waals surface area contributed by atoms with Crippen LogP contribution in [0, 0.1) is 5.92 Å². The Morgan fingerprint density at radius 3 is 2.23 bits per heavy atom. The van der Waals surface area contributed by atoms with Crippen molar-refractivity contribution in [3.05, 3.63) is 0 Å². The van der Waals surface area contributed by atoms with Gasteiger partial charge in [-0.1, -0.05) is 13.8 Å². The Kier molecular flexibility index (Phi) is 6.03. The van der Waals surface area contributed by atoms with Gasteiger partial charge in [-0.25, -0.2) is 4.79 Å². The first-order chi connectivity index (χ1) is 12.0. The van der Waals surface area contributed by atoms with Crippen LogP contribution in [0.5, 0.6) is 0 Å². The van der Waals surface area contributed by atoms with Crippen LogP contribution >= 0.6 is 0 Å². The number of ether oxygens (including phenoxy) is 1. The summed E-state index contributed by atoms with van der Waals surface area (Å²) >= 11 is 0. The normalized spacial score (nSPS) is 25.1. The van der Waals surface area contributed by atoms with Gasteiger partial charge in [-0.2, -0.15) is 0 Å². The number of carbonyl (C=O) groups excluding carboxylic acids is 3. The molecule has 148 valence electrons. The topological polar surface area (TPSA) is 66.9 Å². The van der Waals surface area contributed by atoms with Crippen molar-refractivity contribution in [2.45, 2.75) is 90.8 Å². The lowest BCUT2D eigenvalue weighted by Gasteiger charge is -2.46. The number of likely N-dealkylation sites (tertiary alicyclic amines) is 2.